The third kappa shape index (κ3) is 3.25. The van der Waals surface area contributed by atoms with Crippen LogP contribution in [0.1, 0.15) is 16.1 Å². The standard InChI is InChI=1S/C12H17N3O2/c1-9-11(3-2-4-14-9)12(16)15-8-10-7-13-5-6-17-10/h2-4,10,13H,5-8H2,1H3,(H,15,16). The largest absolute Gasteiger partial charge is 0.374 e. The van der Waals surface area contributed by atoms with Crippen LogP contribution in [0, 0.1) is 6.92 Å². The van der Waals surface area contributed by atoms with Crippen molar-refractivity contribution in [3.63, 3.8) is 0 Å². The molecule has 0 radical (unpaired) electrons. The van der Waals surface area contributed by atoms with Crippen molar-refractivity contribution >= 4 is 5.91 Å². The summed E-state index contributed by atoms with van der Waals surface area (Å²) < 4.78 is 5.50. The normalized spacial score (nSPS) is 19.9. The Morgan fingerprint density at radius 1 is 1.71 bits per heavy atom. The summed E-state index contributed by atoms with van der Waals surface area (Å²) in [6, 6.07) is 3.54. The number of aromatic nitrogens is 1. The first-order valence-electron chi connectivity index (χ1n) is 5.79. The number of nitrogens with zero attached hydrogens (tertiary/aromatic N) is 1. The average molecular weight is 235 g/mol. The maximum Gasteiger partial charge on any atom is 0.253 e. The molecule has 2 rings (SSSR count). The molecule has 1 aromatic heterocycles. The third-order valence-electron chi connectivity index (χ3n) is 2.75. The molecule has 5 nitrogen and oxygen atoms in total. The van der Waals surface area contributed by atoms with Crippen molar-refractivity contribution in [3.8, 4) is 0 Å². The Kier molecular flexibility index (Phi) is 4.06. The fraction of sp³-hybridized carbons (Fsp3) is 0.500. The first-order valence-corrected chi connectivity index (χ1v) is 5.79. The molecule has 0 aromatic carbocycles. The molecule has 1 amide bonds. The number of rotatable bonds is 3. The number of amides is 1. The first kappa shape index (κ1) is 12.0. The van der Waals surface area contributed by atoms with Gasteiger partial charge < -0.3 is 15.4 Å². The van der Waals surface area contributed by atoms with E-state index in [2.05, 4.69) is 15.6 Å². The lowest BCUT2D eigenvalue weighted by Crippen LogP contribution is -2.45. The molecule has 0 spiro atoms. The minimum Gasteiger partial charge on any atom is -0.374 e. The van der Waals surface area contributed by atoms with Crippen molar-refractivity contribution in [1.29, 1.82) is 0 Å². The number of nitrogens with one attached hydrogen (secondary N) is 2. The summed E-state index contributed by atoms with van der Waals surface area (Å²) >= 11 is 0. The number of pyridine rings is 1. The van der Waals surface area contributed by atoms with E-state index in [1.165, 1.54) is 0 Å². The lowest BCUT2D eigenvalue weighted by Gasteiger charge is -2.23. The van der Waals surface area contributed by atoms with Gasteiger partial charge in [0.1, 0.15) is 0 Å². The van der Waals surface area contributed by atoms with E-state index in [1.807, 2.05) is 6.92 Å². The first-order chi connectivity index (χ1) is 8.27. The summed E-state index contributed by atoms with van der Waals surface area (Å²) in [6.45, 7) is 4.72. The molecule has 92 valence electrons. The summed E-state index contributed by atoms with van der Waals surface area (Å²) in [5.41, 5.74) is 1.36. The zero-order valence-corrected chi connectivity index (χ0v) is 9.90. The van der Waals surface area contributed by atoms with Crippen molar-refractivity contribution in [2.24, 2.45) is 0 Å². The van der Waals surface area contributed by atoms with Crippen molar-refractivity contribution in [2.75, 3.05) is 26.2 Å². The van der Waals surface area contributed by atoms with Gasteiger partial charge in [-0.25, -0.2) is 0 Å². The molecular formula is C12H17N3O2. The van der Waals surface area contributed by atoms with Gasteiger partial charge in [0.05, 0.1) is 18.3 Å². The van der Waals surface area contributed by atoms with E-state index in [0.717, 1.165) is 18.8 Å². The van der Waals surface area contributed by atoms with Gasteiger partial charge in [-0.05, 0) is 19.1 Å². The average Bonchev–Trinajstić information content (AvgIpc) is 2.38. The molecule has 1 aliphatic heterocycles. The highest BCUT2D eigenvalue weighted by atomic mass is 16.5. The van der Waals surface area contributed by atoms with Crippen molar-refractivity contribution < 1.29 is 9.53 Å². The van der Waals surface area contributed by atoms with E-state index in [0.29, 0.717) is 18.7 Å². The van der Waals surface area contributed by atoms with Crippen molar-refractivity contribution in [3.05, 3.63) is 29.6 Å². The number of morpholine rings is 1. The van der Waals surface area contributed by atoms with Crippen LogP contribution in [0.3, 0.4) is 0 Å². The number of hydrogen-bond acceptors (Lipinski definition) is 4. The van der Waals surface area contributed by atoms with E-state index >= 15 is 0 Å². The lowest BCUT2D eigenvalue weighted by molar-refractivity contribution is 0.0287. The van der Waals surface area contributed by atoms with Crippen LogP contribution in [0.25, 0.3) is 0 Å². The fourth-order valence-corrected chi connectivity index (χ4v) is 1.78. The molecule has 0 saturated carbocycles. The summed E-state index contributed by atoms with van der Waals surface area (Å²) in [6.07, 6.45) is 1.74. The molecule has 2 N–H and O–H groups in total. The quantitative estimate of drug-likeness (QED) is 0.780. The second kappa shape index (κ2) is 5.75. The van der Waals surface area contributed by atoms with Gasteiger partial charge in [-0.15, -0.1) is 0 Å². The second-order valence-corrected chi connectivity index (χ2v) is 4.04. The maximum atomic E-state index is 11.9. The van der Waals surface area contributed by atoms with Gasteiger partial charge in [0.2, 0.25) is 0 Å². The number of ether oxygens (including phenoxy) is 1. The van der Waals surface area contributed by atoms with Crippen molar-refractivity contribution in [1.82, 2.24) is 15.6 Å². The molecule has 1 unspecified atom stereocenters. The van der Waals surface area contributed by atoms with E-state index < -0.39 is 0 Å². The van der Waals surface area contributed by atoms with Crippen LogP contribution >= 0.6 is 0 Å². The van der Waals surface area contributed by atoms with E-state index in [1.54, 1.807) is 18.3 Å². The lowest BCUT2D eigenvalue weighted by atomic mass is 10.2. The third-order valence-corrected chi connectivity index (χ3v) is 2.75. The van der Waals surface area contributed by atoms with E-state index in [-0.39, 0.29) is 12.0 Å². The molecule has 0 bridgehead atoms. The molecule has 1 aliphatic rings. The van der Waals surface area contributed by atoms with Crippen molar-refractivity contribution in [2.45, 2.75) is 13.0 Å². The Labute approximate surface area is 101 Å². The van der Waals surface area contributed by atoms with Crippen LogP contribution in [0.5, 0.6) is 0 Å². The molecular weight excluding hydrogens is 218 g/mol. The molecule has 1 atom stereocenters. The van der Waals surface area contributed by atoms with Gasteiger partial charge >= 0.3 is 0 Å². The summed E-state index contributed by atoms with van der Waals surface area (Å²) in [7, 11) is 0. The second-order valence-electron chi connectivity index (χ2n) is 4.04. The SMILES string of the molecule is Cc1ncccc1C(=O)NCC1CNCCO1. The summed E-state index contributed by atoms with van der Waals surface area (Å²) in [5.74, 6) is -0.0928. The maximum absolute atomic E-state index is 11.9. The highest BCUT2D eigenvalue weighted by Crippen LogP contribution is 2.03. The molecule has 5 heteroatoms. The Hall–Kier alpha value is -1.46. The van der Waals surface area contributed by atoms with Gasteiger partial charge in [-0.1, -0.05) is 0 Å². The summed E-state index contributed by atoms with van der Waals surface area (Å²) in [4.78, 5) is 16.0. The van der Waals surface area contributed by atoms with Gasteiger partial charge in [-0.2, -0.15) is 0 Å². The molecule has 1 saturated heterocycles. The Morgan fingerprint density at radius 2 is 2.59 bits per heavy atom. The van der Waals surface area contributed by atoms with Gasteiger partial charge in [0.15, 0.2) is 0 Å². The van der Waals surface area contributed by atoms with Gasteiger partial charge in [-0.3, -0.25) is 9.78 Å². The van der Waals surface area contributed by atoms with Gasteiger partial charge in [0, 0.05) is 31.5 Å². The fourth-order valence-electron chi connectivity index (χ4n) is 1.78. The highest BCUT2D eigenvalue weighted by molar-refractivity contribution is 5.95. The highest BCUT2D eigenvalue weighted by Gasteiger charge is 2.15. The topological polar surface area (TPSA) is 63.2 Å². The molecule has 2 heterocycles. The number of carbonyl (C=O) groups excluding carboxylic acids is 1. The summed E-state index contributed by atoms with van der Waals surface area (Å²) in [5, 5.41) is 6.09. The van der Waals surface area contributed by atoms with E-state index in [4.69, 9.17) is 4.74 Å². The Morgan fingerprint density at radius 3 is 3.29 bits per heavy atom. The van der Waals surface area contributed by atoms with Gasteiger partial charge in [0.25, 0.3) is 5.91 Å². The number of hydrogen-bond donors (Lipinski definition) is 2. The van der Waals surface area contributed by atoms with Crippen LogP contribution in [-0.2, 0) is 4.74 Å². The number of carbonyl (C=O) groups is 1. The predicted molar refractivity (Wildman–Crippen MR) is 63.9 cm³/mol. The van der Waals surface area contributed by atoms with Crippen LogP contribution in [0.2, 0.25) is 0 Å². The Bertz CT molecular complexity index is 389. The van der Waals surface area contributed by atoms with Crippen LogP contribution in [0.4, 0.5) is 0 Å². The van der Waals surface area contributed by atoms with E-state index in [9.17, 15) is 4.79 Å². The van der Waals surface area contributed by atoms with Crippen LogP contribution < -0.4 is 10.6 Å². The zero-order valence-electron chi connectivity index (χ0n) is 9.90. The van der Waals surface area contributed by atoms with Crippen LogP contribution in [-0.4, -0.2) is 43.2 Å². The number of aryl methyl sites for hydroxylation is 1. The minimum atomic E-state index is -0.0928. The minimum absolute atomic E-state index is 0.0599. The monoisotopic (exact) mass is 235 g/mol. The zero-order chi connectivity index (χ0) is 12.1. The smallest absolute Gasteiger partial charge is 0.253 e. The molecule has 0 aliphatic carbocycles. The molecule has 1 aromatic rings. The molecule has 17 heavy (non-hydrogen) atoms. The Balaban J connectivity index is 1.87. The predicted octanol–water partition coefficient (Wildman–Crippen LogP) is 0.108. The van der Waals surface area contributed by atoms with Crippen LogP contribution in [0.15, 0.2) is 18.3 Å². The molecule has 1 fully saturated rings.